The highest BCUT2D eigenvalue weighted by Crippen LogP contribution is 2.34. The molecule has 116 valence electrons. The first-order valence-corrected chi connectivity index (χ1v) is 8.06. The average Bonchev–Trinajstić information content (AvgIpc) is 2.48. The predicted molar refractivity (Wildman–Crippen MR) is 86.9 cm³/mol. The number of carbonyl (C=O) groups is 1. The van der Waals surface area contributed by atoms with Crippen LogP contribution >= 0.6 is 0 Å². The fourth-order valence-electron chi connectivity index (χ4n) is 2.95. The molecule has 3 N–H and O–H groups in total. The largest absolute Gasteiger partial charge is 0.352 e. The van der Waals surface area contributed by atoms with Crippen LogP contribution in [0.2, 0.25) is 0 Å². The van der Waals surface area contributed by atoms with Gasteiger partial charge in [-0.3, -0.25) is 4.79 Å². The molecule has 0 heterocycles. The first-order chi connectivity index (χ1) is 9.96. The zero-order valence-corrected chi connectivity index (χ0v) is 13.3. The fourth-order valence-corrected chi connectivity index (χ4v) is 2.95. The second kappa shape index (κ2) is 7.08. The van der Waals surface area contributed by atoms with Crippen LogP contribution in [0, 0.1) is 5.41 Å². The predicted octanol–water partition coefficient (Wildman–Crippen LogP) is 3.03. The van der Waals surface area contributed by atoms with Crippen molar-refractivity contribution in [3.63, 3.8) is 0 Å². The summed E-state index contributed by atoms with van der Waals surface area (Å²) in [5.41, 5.74) is 7.69. The van der Waals surface area contributed by atoms with Crippen LogP contribution in [-0.4, -0.2) is 18.0 Å². The molecule has 0 bridgehead atoms. The van der Waals surface area contributed by atoms with Crippen LogP contribution in [-0.2, 0) is 11.2 Å². The SMILES string of the molecule is CC1(C)CCC(NC(=O)C(N)CCc2ccccc2)CC1. The first kappa shape index (κ1) is 16.0. The van der Waals surface area contributed by atoms with Gasteiger partial charge in [0.15, 0.2) is 0 Å². The Morgan fingerprint density at radius 1 is 1.29 bits per heavy atom. The monoisotopic (exact) mass is 288 g/mol. The van der Waals surface area contributed by atoms with E-state index in [0.717, 1.165) is 19.3 Å². The molecule has 3 heteroatoms. The van der Waals surface area contributed by atoms with E-state index in [4.69, 9.17) is 5.73 Å². The Kier molecular flexibility index (Phi) is 5.40. The zero-order chi connectivity index (χ0) is 15.3. The van der Waals surface area contributed by atoms with Gasteiger partial charge >= 0.3 is 0 Å². The Morgan fingerprint density at radius 2 is 1.90 bits per heavy atom. The lowest BCUT2D eigenvalue weighted by atomic mass is 9.75. The molecule has 0 aromatic heterocycles. The number of carbonyl (C=O) groups excluding carboxylic acids is 1. The lowest BCUT2D eigenvalue weighted by Crippen LogP contribution is -2.47. The van der Waals surface area contributed by atoms with Crippen molar-refractivity contribution < 1.29 is 4.79 Å². The van der Waals surface area contributed by atoms with Gasteiger partial charge in [-0.05, 0) is 49.5 Å². The summed E-state index contributed by atoms with van der Waals surface area (Å²) in [5.74, 6) is 0.00985. The highest BCUT2D eigenvalue weighted by molar-refractivity contribution is 5.81. The third kappa shape index (κ3) is 5.16. The summed E-state index contributed by atoms with van der Waals surface area (Å²) in [6, 6.07) is 10.1. The summed E-state index contributed by atoms with van der Waals surface area (Å²) in [6.07, 6.45) is 6.06. The van der Waals surface area contributed by atoms with Gasteiger partial charge in [0.25, 0.3) is 0 Å². The number of nitrogens with two attached hydrogens (primary N) is 1. The number of benzene rings is 1. The van der Waals surface area contributed by atoms with E-state index in [2.05, 4.69) is 31.3 Å². The molecule has 0 spiro atoms. The van der Waals surface area contributed by atoms with Crippen LogP contribution in [0.4, 0.5) is 0 Å². The molecule has 1 unspecified atom stereocenters. The maximum absolute atomic E-state index is 12.2. The minimum atomic E-state index is -0.403. The van der Waals surface area contributed by atoms with Crippen molar-refractivity contribution in [2.24, 2.45) is 11.1 Å². The summed E-state index contributed by atoms with van der Waals surface area (Å²) < 4.78 is 0. The maximum Gasteiger partial charge on any atom is 0.237 e. The molecule has 3 nitrogen and oxygen atoms in total. The van der Waals surface area contributed by atoms with Gasteiger partial charge in [0.1, 0.15) is 0 Å². The molecular formula is C18H28N2O. The van der Waals surface area contributed by atoms with E-state index in [1.807, 2.05) is 18.2 Å². The summed E-state index contributed by atoms with van der Waals surface area (Å²) in [5, 5.41) is 3.13. The minimum Gasteiger partial charge on any atom is -0.352 e. The third-order valence-electron chi connectivity index (χ3n) is 4.61. The van der Waals surface area contributed by atoms with Crippen LogP contribution in [0.1, 0.15) is 51.5 Å². The molecule has 21 heavy (non-hydrogen) atoms. The standard InChI is InChI=1S/C18H28N2O/c1-18(2)12-10-15(11-13-18)20-17(21)16(19)9-8-14-6-4-3-5-7-14/h3-7,15-16H,8-13,19H2,1-2H3,(H,20,21). The van der Waals surface area contributed by atoms with Gasteiger partial charge in [0.2, 0.25) is 5.91 Å². The van der Waals surface area contributed by atoms with Crippen LogP contribution in [0.25, 0.3) is 0 Å². The second-order valence-corrected chi connectivity index (χ2v) is 7.08. The van der Waals surface area contributed by atoms with Gasteiger partial charge in [0.05, 0.1) is 6.04 Å². The second-order valence-electron chi connectivity index (χ2n) is 7.08. The lowest BCUT2D eigenvalue weighted by molar-refractivity contribution is -0.123. The fraction of sp³-hybridized carbons (Fsp3) is 0.611. The molecule has 1 aromatic carbocycles. The number of nitrogens with one attached hydrogen (secondary N) is 1. The van der Waals surface area contributed by atoms with E-state index < -0.39 is 6.04 Å². The van der Waals surface area contributed by atoms with Crippen molar-refractivity contribution in [1.29, 1.82) is 0 Å². The minimum absolute atomic E-state index is 0.00985. The molecule has 0 saturated heterocycles. The molecule has 1 aliphatic rings. The van der Waals surface area contributed by atoms with E-state index in [-0.39, 0.29) is 5.91 Å². The highest BCUT2D eigenvalue weighted by atomic mass is 16.2. The van der Waals surface area contributed by atoms with Gasteiger partial charge in [0, 0.05) is 6.04 Å². The number of amides is 1. The number of rotatable bonds is 5. The van der Waals surface area contributed by atoms with Crippen molar-refractivity contribution >= 4 is 5.91 Å². The van der Waals surface area contributed by atoms with Gasteiger partial charge in [-0.25, -0.2) is 0 Å². The summed E-state index contributed by atoms with van der Waals surface area (Å²) in [6.45, 7) is 4.60. The van der Waals surface area contributed by atoms with Crippen molar-refractivity contribution in [2.45, 2.75) is 64.5 Å². The normalized spacial score (nSPS) is 20.0. The van der Waals surface area contributed by atoms with Crippen LogP contribution < -0.4 is 11.1 Å². The molecule has 1 fully saturated rings. The van der Waals surface area contributed by atoms with E-state index >= 15 is 0 Å². The molecule has 1 aromatic rings. The molecule has 0 radical (unpaired) electrons. The Labute approximate surface area is 128 Å². The molecule has 0 aliphatic heterocycles. The summed E-state index contributed by atoms with van der Waals surface area (Å²) in [7, 11) is 0. The highest BCUT2D eigenvalue weighted by Gasteiger charge is 2.28. The van der Waals surface area contributed by atoms with Gasteiger partial charge < -0.3 is 11.1 Å². The van der Waals surface area contributed by atoms with Gasteiger partial charge in [-0.15, -0.1) is 0 Å². The molecule has 2 rings (SSSR count). The quantitative estimate of drug-likeness (QED) is 0.875. The number of hydrogen-bond acceptors (Lipinski definition) is 2. The van der Waals surface area contributed by atoms with Crippen molar-refractivity contribution in [3.8, 4) is 0 Å². The van der Waals surface area contributed by atoms with Gasteiger partial charge in [-0.1, -0.05) is 44.2 Å². The molecule has 1 amide bonds. The van der Waals surface area contributed by atoms with E-state index in [1.54, 1.807) is 0 Å². The smallest absolute Gasteiger partial charge is 0.237 e. The molecule has 1 saturated carbocycles. The van der Waals surface area contributed by atoms with Gasteiger partial charge in [-0.2, -0.15) is 0 Å². The van der Waals surface area contributed by atoms with E-state index in [1.165, 1.54) is 18.4 Å². The van der Waals surface area contributed by atoms with Crippen LogP contribution in [0.15, 0.2) is 30.3 Å². The van der Waals surface area contributed by atoms with Crippen molar-refractivity contribution in [2.75, 3.05) is 0 Å². The number of hydrogen-bond donors (Lipinski definition) is 2. The van der Waals surface area contributed by atoms with E-state index in [0.29, 0.717) is 17.9 Å². The Hall–Kier alpha value is -1.35. The maximum atomic E-state index is 12.2. The van der Waals surface area contributed by atoms with Crippen molar-refractivity contribution in [3.05, 3.63) is 35.9 Å². The molecule has 1 aliphatic carbocycles. The topological polar surface area (TPSA) is 55.1 Å². The molecule has 1 atom stereocenters. The van der Waals surface area contributed by atoms with Crippen molar-refractivity contribution in [1.82, 2.24) is 5.32 Å². The average molecular weight is 288 g/mol. The Balaban J connectivity index is 1.73. The Morgan fingerprint density at radius 3 is 2.52 bits per heavy atom. The van der Waals surface area contributed by atoms with E-state index in [9.17, 15) is 4.79 Å². The zero-order valence-electron chi connectivity index (χ0n) is 13.3. The van der Waals surface area contributed by atoms with Crippen LogP contribution in [0.3, 0.4) is 0 Å². The first-order valence-electron chi connectivity index (χ1n) is 8.06. The summed E-state index contributed by atoms with van der Waals surface area (Å²) >= 11 is 0. The lowest BCUT2D eigenvalue weighted by Gasteiger charge is -2.35. The molecular weight excluding hydrogens is 260 g/mol. The third-order valence-corrected chi connectivity index (χ3v) is 4.61. The number of aryl methyl sites for hydroxylation is 1. The summed E-state index contributed by atoms with van der Waals surface area (Å²) in [4.78, 5) is 12.2. The van der Waals surface area contributed by atoms with Crippen LogP contribution in [0.5, 0.6) is 0 Å². The Bertz CT molecular complexity index is 446.